The Morgan fingerprint density at radius 3 is 2.92 bits per heavy atom. The van der Waals surface area contributed by atoms with E-state index in [2.05, 4.69) is 6.58 Å². The van der Waals surface area contributed by atoms with Crippen molar-refractivity contribution in [1.82, 2.24) is 4.90 Å². The fourth-order valence-electron chi connectivity index (χ4n) is 0.894. The highest BCUT2D eigenvalue weighted by Gasteiger charge is 2.13. The molecule has 0 spiro atoms. The van der Waals surface area contributed by atoms with Gasteiger partial charge in [0.1, 0.15) is 0 Å². The molecule has 0 radical (unpaired) electrons. The zero-order valence-corrected chi connectivity index (χ0v) is 8.04. The molecule has 0 bridgehead atoms. The van der Waals surface area contributed by atoms with E-state index in [0.717, 1.165) is 0 Å². The van der Waals surface area contributed by atoms with Gasteiger partial charge >= 0.3 is 0 Å². The Morgan fingerprint density at radius 1 is 1.77 bits per heavy atom. The summed E-state index contributed by atoms with van der Waals surface area (Å²) in [7, 11) is 1.67. The first kappa shape index (κ1) is 9.86. The highest BCUT2D eigenvalue weighted by atomic mass is 35.5. The lowest BCUT2D eigenvalue weighted by Gasteiger charge is -2.12. The van der Waals surface area contributed by atoms with Gasteiger partial charge < -0.3 is 9.32 Å². The summed E-state index contributed by atoms with van der Waals surface area (Å²) < 4.78 is 4.95. The van der Waals surface area contributed by atoms with Gasteiger partial charge in [0.05, 0.1) is 0 Å². The number of hydrogen-bond acceptors (Lipinski definition) is 2. The number of halogens is 1. The molecule has 0 saturated heterocycles. The molecule has 0 saturated carbocycles. The third-order valence-corrected chi connectivity index (χ3v) is 1.74. The first-order valence-corrected chi connectivity index (χ1v) is 4.14. The molecule has 0 aromatic carbocycles. The summed E-state index contributed by atoms with van der Waals surface area (Å²) in [4.78, 5) is 13.0. The van der Waals surface area contributed by atoms with Gasteiger partial charge in [-0.2, -0.15) is 0 Å². The van der Waals surface area contributed by atoms with Crippen molar-refractivity contribution in [2.45, 2.75) is 0 Å². The molecule has 4 heteroatoms. The van der Waals surface area contributed by atoms with Gasteiger partial charge in [-0.3, -0.25) is 4.79 Å². The maximum atomic E-state index is 11.5. The van der Waals surface area contributed by atoms with Crippen molar-refractivity contribution >= 4 is 17.5 Å². The summed E-state index contributed by atoms with van der Waals surface area (Å²) in [6, 6.07) is 3.08. The SMILES string of the molecule is C=CCN(C)C(=O)c1ccc(Cl)o1. The molecule has 3 nitrogen and oxygen atoms in total. The minimum Gasteiger partial charge on any atom is -0.440 e. The Labute approximate surface area is 81.6 Å². The molecular weight excluding hydrogens is 190 g/mol. The summed E-state index contributed by atoms with van der Waals surface area (Å²) in [6.45, 7) is 4.01. The van der Waals surface area contributed by atoms with Crippen LogP contribution in [0.25, 0.3) is 0 Å². The van der Waals surface area contributed by atoms with E-state index in [9.17, 15) is 4.79 Å². The van der Waals surface area contributed by atoms with Crippen molar-refractivity contribution in [2.75, 3.05) is 13.6 Å². The van der Waals surface area contributed by atoms with Gasteiger partial charge in [0.15, 0.2) is 11.0 Å². The van der Waals surface area contributed by atoms with E-state index in [1.54, 1.807) is 19.2 Å². The number of hydrogen-bond donors (Lipinski definition) is 0. The average Bonchev–Trinajstić information content (AvgIpc) is 2.51. The van der Waals surface area contributed by atoms with Gasteiger partial charge in [-0.15, -0.1) is 6.58 Å². The smallest absolute Gasteiger partial charge is 0.289 e. The van der Waals surface area contributed by atoms with Crippen molar-refractivity contribution in [2.24, 2.45) is 0 Å². The van der Waals surface area contributed by atoms with Crippen LogP contribution in [0.5, 0.6) is 0 Å². The molecule has 1 amide bonds. The molecule has 13 heavy (non-hydrogen) atoms. The summed E-state index contributed by atoms with van der Waals surface area (Å²) in [5, 5.41) is 0.218. The summed E-state index contributed by atoms with van der Waals surface area (Å²) in [5.74, 6) is 0.0427. The first-order valence-electron chi connectivity index (χ1n) is 3.77. The molecule has 0 fully saturated rings. The molecule has 1 aromatic heterocycles. The van der Waals surface area contributed by atoms with Crippen molar-refractivity contribution < 1.29 is 9.21 Å². The standard InChI is InChI=1S/C9H10ClNO2/c1-3-6-11(2)9(12)7-4-5-8(10)13-7/h3-5H,1,6H2,2H3. The fourth-order valence-corrected chi connectivity index (χ4v) is 1.04. The number of amides is 1. The molecule has 0 aliphatic carbocycles. The molecule has 0 aliphatic rings. The van der Waals surface area contributed by atoms with E-state index >= 15 is 0 Å². The average molecular weight is 200 g/mol. The van der Waals surface area contributed by atoms with Gasteiger partial charge in [0.25, 0.3) is 5.91 Å². The molecular formula is C9H10ClNO2. The Balaban J connectivity index is 2.73. The van der Waals surface area contributed by atoms with Gasteiger partial charge in [-0.1, -0.05) is 6.08 Å². The zero-order chi connectivity index (χ0) is 9.84. The third-order valence-electron chi connectivity index (χ3n) is 1.53. The maximum absolute atomic E-state index is 11.5. The Morgan fingerprint density at radius 2 is 2.46 bits per heavy atom. The number of rotatable bonds is 3. The number of carbonyl (C=O) groups excluding carboxylic acids is 1. The maximum Gasteiger partial charge on any atom is 0.289 e. The van der Waals surface area contributed by atoms with Crippen LogP contribution in [0, 0.1) is 0 Å². The summed E-state index contributed by atoms with van der Waals surface area (Å²) >= 11 is 5.53. The van der Waals surface area contributed by atoms with Crippen LogP contribution in [-0.4, -0.2) is 24.4 Å². The van der Waals surface area contributed by atoms with E-state index < -0.39 is 0 Å². The van der Waals surface area contributed by atoms with Crippen LogP contribution in [0.4, 0.5) is 0 Å². The molecule has 1 heterocycles. The highest BCUT2D eigenvalue weighted by molar-refractivity contribution is 6.29. The molecule has 1 aromatic rings. The van der Waals surface area contributed by atoms with E-state index in [0.29, 0.717) is 6.54 Å². The highest BCUT2D eigenvalue weighted by Crippen LogP contribution is 2.14. The second-order valence-corrected chi connectivity index (χ2v) is 2.95. The van der Waals surface area contributed by atoms with E-state index in [1.807, 2.05) is 0 Å². The normalized spacial score (nSPS) is 9.69. The van der Waals surface area contributed by atoms with Crippen LogP contribution in [-0.2, 0) is 0 Å². The van der Waals surface area contributed by atoms with Crippen molar-refractivity contribution in [1.29, 1.82) is 0 Å². The lowest BCUT2D eigenvalue weighted by atomic mass is 10.4. The van der Waals surface area contributed by atoms with E-state index in [1.165, 1.54) is 11.0 Å². The fraction of sp³-hybridized carbons (Fsp3) is 0.222. The molecule has 0 unspecified atom stereocenters. The van der Waals surface area contributed by atoms with Crippen molar-refractivity contribution in [3.63, 3.8) is 0 Å². The summed E-state index contributed by atoms with van der Waals surface area (Å²) in [5.41, 5.74) is 0. The van der Waals surface area contributed by atoms with Crippen molar-refractivity contribution in [3.8, 4) is 0 Å². The largest absolute Gasteiger partial charge is 0.440 e. The number of carbonyl (C=O) groups is 1. The van der Waals surface area contributed by atoms with Crippen LogP contribution >= 0.6 is 11.6 Å². The topological polar surface area (TPSA) is 33.5 Å². The van der Waals surface area contributed by atoms with Crippen LogP contribution in [0.2, 0.25) is 5.22 Å². The molecule has 0 atom stereocenters. The minimum absolute atomic E-state index is 0.202. The van der Waals surface area contributed by atoms with Gasteiger partial charge in [0.2, 0.25) is 0 Å². The van der Waals surface area contributed by atoms with E-state index in [4.69, 9.17) is 16.0 Å². The van der Waals surface area contributed by atoms with Crippen LogP contribution in [0.15, 0.2) is 29.2 Å². The lowest BCUT2D eigenvalue weighted by Crippen LogP contribution is -2.26. The van der Waals surface area contributed by atoms with Crippen molar-refractivity contribution in [3.05, 3.63) is 35.8 Å². The molecule has 0 N–H and O–H groups in total. The van der Waals surface area contributed by atoms with Gasteiger partial charge in [0, 0.05) is 13.6 Å². The van der Waals surface area contributed by atoms with Gasteiger partial charge in [-0.25, -0.2) is 0 Å². The number of furan rings is 1. The Bertz CT molecular complexity index is 319. The monoisotopic (exact) mass is 199 g/mol. The predicted octanol–water partition coefficient (Wildman–Crippen LogP) is 2.19. The molecule has 70 valence electrons. The quantitative estimate of drug-likeness (QED) is 0.700. The van der Waals surface area contributed by atoms with Crippen LogP contribution in [0.3, 0.4) is 0 Å². The molecule has 1 rings (SSSR count). The van der Waals surface area contributed by atoms with Gasteiger partial charge in [-0.05, 0) is 23.7 Å². The van der Waals surface area contributed by atoms with Crippen LogP contribution in [0.1, 0.15) is 10.6 Å². The number of likely N-dealkylation sites (N-methyl/N-ethyl adjacent to an activating group) is 1. The second-order valence-electron chi connectivity index (χ2n) is 2.58. The summed E-state index contributed by atoms with van der Waals surface area (Å²) in [6.07, 6.45) is 1.64. The zero-order valence-electron chi connectivity index (χ0n) is 7.29. The lowest BCUT2D eigenvalue weighted by molar-refractivity contribution is 0.0779. The Kier molecular flexibility index (Phi) is 3.14. The van der Waals surface area contributed by atoms with Crippen LogP contribution < -0.4 is 0 Å². The third kappa shape index (κ3) is 2.36. The minimum atomic E-state index is -0.202. The Hall–Kier alpha value is -1.22. The number of nitrogens with zero attached hydrogens (tertiary/aromatic N) is 1. The predicted molar refractivity (Wildman–Crippen MR) is 50.9 cm³/mol. The molecule has 0 aliphatic heterocycles. The van der Waals surface area contributed by atoms with E-state index in [-0.39, 0.29) is 16.9 Å². The first-order chi connectivity index (χ1) is 6.15. The second kappa shape index (κ2) is 4.14.